The molecule has 2 N–H and O–H groups in total. The van der Waals surface area contributed by atoms with Crippen molar-refractivity contribution in [3.8, 4) is 0 Å². The summed E-state index contributed by atoms with van der Waals surface area (Å²) >= 11 is 0. The highest BCUT2D eigenvalue weighted by Crippen LogP contribution is 2.31. The maximum atomic E-state index is 11.9. The van der Waals surface area contributed by atoms with E-state index in [0.717, 1.165) is 6.42 Å². The SMILES string of the molecule is CCCS(=O)[C@H]1CO[C@H]2[C@@H]1OC[C@H]2ON(O)O. The molecule has 100 valence electrons. The average Bonchev–Trinajstić information content (AvgIpc) is 2.80. The quantitative estimate of drug-likeness (QED) is 0.661. The molecule has 0 aromatic rings. The Bertz CT molecular complexity index is 289. The Hall–Kier alpha value is -0.0900. The summed E-state index contributed by atoms with van der Waals surface area (Å²) in [6.45, 7) is 2.54. The van der Waals surface area contributed by atoms with Gasteiger partial charge in [-0.05, 0) is 6.42 Å². The fraction of sp³-hybridized carbons (Fsp3) is 1.00. The van der Waals surface area contributed by atoms with E-state index in [2.05, 4.69) is 0 Å². The van der Waals surface area contributed by atoms with Gasteiger partial charge < -0.3 is 9.47 Å². The standard InChI is InChI=1S/C9H17NO6S/c1-2-3-17(13)7-5-15-8-6(16-10(11)12)4-14-9(7)8/h6-9,11-12H,2-5H2,1H3/t6-,7+,8-,9-,17?/m1/s1. The molecule has 2 aliphatic rings. The van der Waals surface area contributed by atoms with Crippen molar-refractivity contribution < 1.29 is 28.9 Å². The zero-order valence-corrected chi connectivity index (χ0v) is 10.3. The molecule has 1 unspecified atom stereocenters. The Morgan fingerprint density at radius 2 is 2.06 bits per heavy atom. The summed E-state index contributed by atoms with van der Waals surface area (Å²) in [7, 11) is -0.978. The van der Waals surface area contributed by atoms with Gasteiger partial charge in [0, 0.05) is 16.6 Å². The molecule has 0 aromatic heterocycles. The average molecular weight is 267 g/mol. The van der Waals surface area contributed by atoms with Crippen LogP contribution < -0.4 is 0 Å². The second kappa shape index (κ2) is 5.70. The molecule has 2 aliphatic heterocycles. The zero-order valence-electron chi connectivity index (χ0n) is 9.52. The van der Waals surface area contributed by atoms with Gasteiger partial charge in [0.25, 0.3) is 0 Å². The molecule has 8 heteroatoms. The monoisotopic (exact) mass is 267 g/mol. The van der Waals surface area contributed by atoms with Crippen molar-refractivity contribution in [3.63, 3.8) is 0 Å². The summed E-state index contributed by atoms with van der Waals surface area (Å²) in [5.41, 5.74) is 0. The van der Waals surface area contributed by atoms with Gasteiger partial charge in [-0.15, -0.1) is 0 Å². The van der Waals surface area contributed by atoms with Gasteiger partial charge in [-0.25, -0.2) is 4.84 Å². The van der Waals surface area contributed by atoms with Gasteiger partial charge in [0.15, 0.2) is 0 Å². The van der Waals surface area contributed by atoms with Crippen molar-refractivity contribution in [2.24, 2.45) is 0 Å². The Labute approximate surface area is 102 Å². The lowest BCUT2D eigenvalue weighted by molar-refractivity contribution is -0.507. The molecule has 5 atom stereocenters. The molecule has 2 saturated heterocycles. The van der Waals surface area contributed by atoms with Crippen LogP contribution in [0.4, 0.5) is 0 Å². The van der Waals surface area contributed by atoms with Crippen molar-refractivity contribution in [2.45, 2.75) is 36.9 Å². The maximum Gasteiger partial charge on any atom is 0.136 e. The lowest BCUT2D eigenvalue weighted by Crippen LogP contribution is -2.37. The molecule has 2 fully saturated rings. The van der Waals surface area contributed by atoms with Crippen LogP contribution in [-0.2, 0) is 25.1 Å². The second-order valence-electron chi connectivity index (χ2n) is 4.12. The van der Waals surface area contributed by atoms with Crippen LogP contribution in [0.1, 0.15) is 13.3 Å². The third-order valence-corrected chi connectivity index (χ3v) is 4.83. The number of hydrogen-bond donors (Lipinski definition) is 2. The van der Waals surface area contributed by atoms with Gasteiger partial charge >= 0.3 is 0 Å². The molecule has 2 heterocycles. The Morgan fingerprint density at radius 1 is 1.35 bits per heavy atom. The topological polar surface area (TPSA) is 88.5 Å². The van der Waals surface area contributed by atoms with Gasteiger partial charge in [-0.3, -0.25) is 14.6 Å². The first-order chi connectivity index (χ1) is 8.13. The predicted molar refractivity (Wildman–Crippen MR) is 56.9 cm³/mol. The van der Waals surface area contributed by atoms with Crippen LogP contribution in [-0.4, -0.2) is 62.5 Å². The Kier molecular flexibility index (Phi) is 4.47. The zero-order chi connectivity index (χ0) is 12.4. The van der Waals surface area contributed by atoms with Crippen molar-refractivity contribution in [1.29, 1.82) is 0 Å². The second-order valence-corrected chi connectivity index (χ2v) is 5.89. The molecule has 2 rings (SSSR count). The highest BCUT2D eigenvalue weighted by molar-refractivity contribution is 7.85. The summed E-state index contributed by atoms with van der Waals surface area (Å²) < 4.78 is 22.9. The molecule has 0 bridgehead atoms. The third kappa shape index (κ3) is 2.84. The van der Waals surface area contributed by atoms with Crippen LogP contribution in [0.2, 0.25) is 0 Å². The minimum atomic E-state index is -0.978. The first-order valence-electron chi connectivity index (χ1n) is 5.58. The lowest BCUT2D eigenvalue weighted by atomic mass is 10.1. The summed E-state index contributed by atoms with van der Waals surface area (Å²) in [5.74, 6) is 0.623. The van der Waals surface area contributed by atoms with Gasteiger partial charge in [0.05, 0.1) is 23.9 Å². The van der Waals surface area contributed by atoms with E-state index in [4.69, 9.17) is 24.7 Å². The molecule has 17 heavy (non-hydrogen) atoms. The normalized spacial score (nSPS) is 38.6. The summed E-state index contributed by atoms with van der Waals surface area (Å²) in [6, 6.07) is 0. The lowest BCUT2D eigenvalue weighted by Gasteiger charge is -2.17. The van der Waals surface area contributed by atoms with E-state index in [-0.39, 0.29) is 29.5 Å². The number of rotatable bonds is 5. The van der Waals surface area contributed by atoms with Crippen molar-refractivity contribution in [1.82, 2.24) is 5.39 Å². The van der Waals surface area contributed by atoms with Gasteiger partial charge in [-0.2, -0.15) is 0 Å². The highest BCUT2D eigenvalue weighted by atomic mass is 32.2. The predicted octanol–water partition coefficient (Wildman–Crippen LogP) is -0.308. The molecular weight excluding hydrogens is 250 g/mol. The van der Waals surface area contributed by atoms with Crippen molar-refractivity contribution in [3.05, 3.63) is 0 Å². The smallest absolute Gasteiger partial charge is 0.136 e. The largest absolute Gasteiger partial charge is 0.371 e. The molecule has 0 radical (unpaired) electrons. The molecule has 0 saturated carbocycles. The minimum Gasteiger partial charge on any atom is -0.371 e. The fourth-order valence-corrected chi connectivity index (χ4v) is 3.69. The Morgan fingerprint density at radius 3 is 2.71 bits per heavy atom. The number of ether oxygens (including phenoxy) is 2. The third-order valence-electron chi connectivity index (χ3n) is 2.94. The van der Waals surface area contributed by atoms with Crippen LogP contribution in [0.25, 0.3) is 0 Å². The Balaban J connectivity index is 1.94. The van der Waals surface area contributed by atoms with Crippen molar-refractivity contribution in [2.75, 3.05) is 19.0 Å². The van der Waals surface area contributed by atoms with Crippen LogP contribution in [0.5, 0.6) is 0 Å². The van der Waals surface area contributed by atoms with Gasteiger partial charge in [0.1, 0.15) is 18.3 Å². The highest BCUT2D eigenvalue weighted by Gasteiger charge is 2.50. The van der Waals surface area contributed by atoms with Crippen LogP contribution in [0, 0.1) is 0 Å². The summed E-state index contributed by atoms with van der Waals surface area (Å²) in [6.07, 6.45) is -0.393. The van der Waals surface area contributed by atoms with Crippen LogP contribution >= 0.6 is 0 Å². The molecule has 0 spiro atoms. The maximum absolute atomic E-state index is 11.9. The van der Waals surface area contributed by atoms with E-state index in [1.165, 1.54) is 0 Å². The molecule has 0 amide bonds. The van der Waals surface area contributed by atoms with Crippen LogP contribution in [0.15, 0.2) is 0 Å². The van der Waals surface area contributed by atoms with Gasteiger partial charge in [-0.1, -0.05) is 6.92 Å². The van der Waals surface area contributed by atoms with Crippen LogP contribution in [0.3, 0.4) is 0 Å². The summed E-state index contributed by atoms with van der Waals surface area (Å²) in [4.78, 5) is 4.71. The number of fused-ring (bicyclic) bond motifs is 1. The minimum absolute atomic E-state index is 0.153. The fourth-order valence-electron chi connectivity index (χ4n) is 2.22. The van der Waals surface area contributed by atoms with E-state index in [1.54, 1.807) is 0 Å². The van der Waals surface area contributed by atoms with Gasteiger partial charge in [0.2, 0.25) is 0 Å². The first kappa shape index (κ1) is 13.3. The van der Waals surface area contributed by atoms with E-state index in [1.807, 2.05) is 6.92 Å². The molecular formula is C9H17NO6S. The molecule has 0 aliphatic carbocycles. The molecule has 7 nitrogen and oxygen atoms in total. The number of hydrogen-bond acceptors (Lipinski definition) is 7. The van der Waals surface area contributed by atoms with E-state index >= 15 is 0 Å². The first-order valence-corrected chi connectivity index (χ1v) is 6.96. The molecule has 0 aromatic carbocycles. The summed E-state index contributed by atoms with van der Waals surface area (Å²) in [5, 5.41) is 16.7. The number of nitrogens with zero attached hydrogens (tertiary/aromatic N) is 1. The van der Waals surface area contributed by atoms with E-state index in [0.29, 0.717) is 12.4 Å². The van der Waals surface area contributed by atoms with Crippen molar-refractivity contribution >= 4 is 10.8 Å². The van der Waals surface area contributed by atoms with E-state index in [9.17, 15) is 4.21 Å². The van der Waals surface area contributed by atoms with E-state index < -0.39 is 16.9 Å².